The fraction of sp³-hybridized carbons (Fsp3) is 0.280. The van der Waals surface area contributed by atoms with Gasteiger partial charge in [0.1, 0.15) is 11.6 Å². The Labute approximate surface area is 202 Å². The van der Waals surface area contributed by atoms with E-state index in [1.165, 1.54) is 6.20 Å². The summed E-state index contributed by atoms with van der Waals surface area (Å²) in [7, 11) is 1.63. The van der Waals surface area contributed by atoms with Gasteiger partial charge in [-0.15, -0.1) is 5.10 Å². The fourth-order valence-electron chi connectivity index (χ4n) is 4.22. The number of ether oxygens (including phenoxy) is 1. The molecule has 180 valence electrons. The van der Waals surface area contributed by atoms with Gasteiger partial charge < -0.3 is 26.4 Å². The lowest BCUT2D eigenvalue weighted by molar-refractivity contribution is 0.102. The van der Waals surface area contributed by atoms with E-state index in [-0.39, 0.29) is 18.0 Å². The van der Waals surface area contributed by atoms with Crippen LogP contribution in [-0.2, 0) is 0 Å². The van der Waals surface area contributed by atoms with E-state index in [1.807, 2.05) is 30.3 Å². The van der Waals surface area contributed by atoms with Crippen LogP contribution in [0, 0.1) is 0 Å². The predicted octanol–water partition coefficient (Wildman–Crippen LogP) is 3.81. The number of amides is 1. The van der Waals surface area contributed by atoms with Gasteiger partial charge in [-0.25, -0.2) is 9.50 Å². The van der Waals surface area contributed by atoms with Gasteiger partial charge in [-0.1, -0.05) is 0 Å². The van der Waals surface area contributed by atoms with Gasteiger partial charge in [-0.05, 0) is 62.1 Å². The number of methoxy groups -OCH3 is 1. The number of pyridine rings is 1. The van der Waals surface area contributed by atoms with Crippen molar-refractivity contribution < 1.29 is 9.53 Å². The second kappa shape index (κ2) is 9.98. The van der Waals surface area contributed by atoms with Crippen molar-refractivity contribution >= 4 is 34.4 Å². The number of nitrogens with two attached hydrogens (primary N) is 1. The summed E-state index contributed by atoms with van der Waals surface area (Å²) >= 11 is 0. The number of hydrogen-bond acceptors (Lipinski definition) is 8. The zero-order valence-electron chi connectivity index (χ0n) is 19.4. The summed E-state index contributed by atoms with van der Waals surface area (Å²) in [6.45, 7) is 0. The fourth-order valence-corrected chi connectivity index (χ4v) is 4.22. The molecule has 0 bridgehead atoms. The lowest BCUT2D eigenvalue weighted by Gasteiger charge is -2.27. The van der Waals surface area contributed by atoms with Crippen molar-refractivity contribution in [2.45, 2.75) is 37.8 Å². The highest BCUT2D eigenvalue weighted by molar-refractivity contribution is 6.03. The number of nitrogens with zero attached hydrogens (tertiary/aromatic N) is 4. The minimum Gasteiger partial charge on any atom is -0.497 e. The van der Waals surface area contributed by atoms with Gasteiger partial charge >= 0.3 is 0 Å². The van der Waals surface area contributed by atoms with Gasteiger partial charge in [0.05, 0.1) is 19.0 Å². The standard InChI is InChI=1S/C25H28N8O2/c1-35-20-8-6-17(7-9-20)29-21-14-23(30-18-4-2-16(26)3-5-18)32-33-22(15-28-24(21)33)25(34)31-19-10-12-27-13-11-19/h6-16,18,29H,2-5,26H2,1H3,(H,30,32)(H,27,31,34)/t16-,18-. The summed E-state index contributed by atoms with van der Waals surface area (Å²) in [6.07, 6.45) is 8.67. The van der Waals surface area contributed by atoms with Crippen LogP contribution in [0.15, 0.2) is 61.1 Å². The topological polar surface area (TPSA) is 131 Å². The molecule has 4 aromatic rings. The van der Waals surface area contributed by atoms with Crippen LogP contribution in [0.5, 0.6) is 5.75 Å². The van der Waals surface area contributed by atoms with E-state index in [0.29, 0.717) is 22.8 Å². The van der Waals surface area contributed by atoms with E-state index >= 15 is 0 Å². The van der Waals surface area contributed by atoms with Crippen LogP contribution >= 0.6 is 0 Å². The van der Waals surface area contributed by atoms with Gasteiger partial charge in [0.2, 0.25) is 0 Å². The Morgan fingerprint density at radius 2 is 1.80 bits per heavy atom. The molecule has 3 heterocycles. The van der Waals surface area contributed by atoms with E-state index in [1.54, 1.807) is 36.2 Å². The quantitative estimate of drug-likeness (QED) is 0.319. The second-order valence-electron chi connectivity index (χ2n) is 8.62. The second-order valence-corrected chi connectivity index (χ2v) is 8.62. The maximum atomic E-state index is 13.1. The van der Waals surface area contributed by atoms with E-state index in [4.69, 9.17) is 15.6 Å². The maximum Gasteiger partial charge on any atom is 0.276 e. The van der Waals surface area contributed by atoms with Crippen LogP contribution in [0.2, 0.25) is 0 Å². The summed E-state index contributed by atoms with van der Waals surface area (Å²) in [5, 5.41) is 14.5. The Balaban J connectivity index is 1.48. The third kappa shape index (κ3) is 5.17. The molecule has 10 heteroatoms. The number of carbonyl (C=O) groups is 1. The molecule has 0 aliphatic heterocycles. The highest BCUT2D eigenvalue weighted by Gasteiger charge is 2.21. The predicted molar refractivity (Wildman–Crippen MR) is 135 cm³/mol. The van der Waals surface area contributed by atoms with E-state index in [0.717, 1.165) is 42.8 Å². The minimum absolute atomic E-state index is 0.257. The van der Waals surface area contributed by atoms with Crippen molar-refractivity contribution in [2.24, 2.45) is 5.73 Å². The van der Waals surface area contributed by atoms with Gasteiger partial charge in [-0.2, -0.15) is 0 Å². The lowest BCUT2D eigenvalue weighted by atomic mass is 9.92. The lowest BCUT2D eigenvalue weighted by Crippen LogP contribution is -2.33. The van der Waals surface area contributed by atoms with Crippen LogP contribution in [0.1, 0.15) is 36.2 Å². The molecule has 0 radical (unpaired) electrons. The zero-order chi connectivity index (χ0) is 24.2. The number of benzene rings is 1. The monoisotopic (exact) mass is 472 g/mol. The van der Waals surface area contributed by atoms with E-state index in [9.17, 15) is 4.79 Å². The number of aromatic nitrogens is 4. The van der Waals surface area contributed by atoms with Crippen molar-refractivity contribution in [2.75, 3.05) is 23.1 Å². The van der Waals surface area contributed by atoms with Gasteiger partial charge in [0, 0.05) is 41.9 Å². The molecule has 0 spiro atoms. The third-order valence-electron chi connectivity index (χ3n) is 6.13. The van der Waals surface area contributed by atoms with Crippen molar-refractivity contribution in [3.8, 4) is 5.75 Å². The number of anilines is 4. The molecule has 5 N–H and O–H groups in total. The third-order valence-corrected chi connectivity index (χ3v) is 6.13. The first-order valence-corrected chi connectivity index (χ1v) is 11.6. The Hall–Kier alpha value is -4.18. The summed E-state index contributed by atoms with van der Waals surface area (Å²) < 4.78 is 6.83. The first-order valence-electron chi connectivity index (χ1n) is 11.6. The van der Waals surface area contributed by atoms with Crippen LogP contribution in [0.4, 0.5) is 22.9 Å². The number of imidazole rings is 1. The number of nitrogens with one attached hydrogen (secondary N) is 3. The van der Waals surface area contributed by atoms with E-state index < -0.39 is 0 Å². The molecule has 1 saturated carbocycles. The summed E-state index contributed by atoms with van der Waals surface area (Å²) in [6, 6.07) is 13.5. The van der Waals surface area contributed by atoms with Gasteiger partial charge in [-0.3, -0.25) is 9.78 Å². The molecule has 3 aromatic heterocycles. The first kappa shape index (κ1) is 22.6. The normalized spacial score (nSPS) is 17.7. The highest BCUT2D eigenvalue weighted by Crippen LogP contribution is 2.28. The summed E-state index contributed by atoms with van der Waals surface area (Å²) in [5.74, 6) is 1.11. The molecule has 1 aliphatic carbocycles. The molecule has 0 atom stereocenters. The molecule has 0 unspecified atom stereocenters. The maximum absolute atomic E-state index is 13.1. The molecule has 35 heavy (non-hydrogen) atoms. The minimum atomic E-state index is -0.313. The molecule has 5 rings (SSSR count). The zero-order valence-corrected chi connectivity index (χ0v) is 19.4. The molecule has 10 nitrogen and oxygen atoms in total. The van der Waals surface area contributed by atoms with Crippen molar-refractivity contribution in [1.82, 2.24) is 19.6 Å². The van der Waals surface area contributed by atoms with Crippen LogP contribution in [-0.4, -0.2) is 44.7 Å². The molecule has 0 saturated heterocycles. The molecular weight excluding hydrogens is 444 g/mol. The van der Waals surface area contributed by atoms with Crippen molar-refractivity contribution in [3.05, 3.63) is 66.7 Å². The smallest absolute Gasteiger partial charge is 0.276 e. The number of carbonyl (C=O) groups excluding carboxylic acids is 1. The van der Waals surface area contributed by atoms with Crippen molar-refractivity contribution in [3.63, 3.8) is 0 Å². The Morgan fingerprint density at radius 1 is 1.06 bits per heavy atom. The number of fused-ring (bicyclic) bond motifs is 1. The molecule has 1 aliphatic rings. The molecule has 1 aromatic carbocycles. The summed E-state index contributed by atoms with van der Waals surface area (Å²) in [5.41, 5.74) is 9.17. The Kier molecular flexibility index (Phi) is 6.44. The van der Waals surface area contributed by atoms with Crippen LogP contribution in [0.25, 0.3) is 5.65 Å². The average Bonchev–Trinajstić information content (AvgIpc) is 3.31. The SMILES string of the molecule is COc1ccc(Nc2cc(N[C@H]3CC[C@H](N)CC3)nn3c(C(=O)Nc4ccncc4)cnc23)cc1. The van der Waals surface area contributed by atoms with Gasteiger partial charge in [0.25, 0.3) is 5.91 Å². The molecule has 1 amide bonds. The Morgan fingerprint density at radius 3 is 2.51 bits per heavy atom. The number of hydrogen-bond donors (Lipinski definition) is 4. The largest absolute Gasteiger partial charge is 0.497 e. The Bertz CT molecular complexity index is 1300. The summed E-state index contributed by atoms with van der Waals surface area (Å²) in [4.78, 5) is 21.6. The average molecular weight is 473 g/mol. The highest BCUT2D eigenvalue weighted by atomic mass is 16.5. The van der Waals surface area contributed by atoms with Crippen LogP contribution < -0.4 is 26.4 Å². The number of rotatable bonds is 7. The van der Waals surface area contributed by atoms with Gasteiger partial charge in [0.15, 0.2) is 11.3 Å². The molecule has 1 fully saturated rings. The van der Waals surface area contributed by atoms with Crippen LogP contribution in [0.3, 0.4) is 0 Å². The van der Waals surface area contributed by atoms with E-state index in [2.05, 4.69) is 25.9 Å². The first-order chi connectivity index (χ1) is 17.1. The van der Waals surface area contributed by atoms with Crippen molar-refractivity contribution in [1.29, 1.82) is 0 Å². The molecular formula is C25H28N8O2.